The van der Waals surface area contributed by atoms with Gasteiger partial charge in [0.1, 0.15) is 18.0 Å². The van der Waals surface area contributed by atoms with Gasteiger partial charge < -0.3 is 19.3 Å². The molecule has 1 saturated heterocycles. The van der Waals surface area contributed by atoms with E-state index in [-0.39, 0.29) is 17.7 Å². The molecule has 1 unspecified atom stereocenters. The summed E-state index contributed by atoms with van der Waals surface area (Å²) in [5.41, 5.74) is 2.24. The summed E-state index contributed by atoms with van der Waals surface area (Å²) in [5, 5.41) is 0. The van der Waals surface area contributed by atoms with Gasteiger partial charge in [-0.05, 0) is 63.1 Å². The summed E-state index contributed by atoms with van der Waals surface area (Å²) in [6.45, 7) is 7.62. The van der Waals surface area contributed by atoms with Crippen molar-refractivity contribution in [3.8, 4) is 11.4 Å². The third kappa shape index (κ3) is 6.23. The molecule has 0 spiro atoms. The number of aromatic nitrogens is 1. The highest BCUT2D eigenvalue weighted by Gasteiger charge is 2.31. The highest BCUT2D eigenvalue weighted by Crippen LogP contribution is 2.25. The van der Waals surface area contributed by atoms with Crippen LogP contribution in [0.5, 0.6) is 5.75 Å². The highest BCUT2D eigenvalue weighted by molar-refractivity contribution is 5.68. The minimum atomic E-state index is -0.510. The van der Waals surface area contributed by atoms with Gasteiger partial charge in [-0.2, -0.15) is 0 Å². The Morgan fingerprint density at radius 1 is 1.03 bits per heavy atom. The van der Waals surface area contributed by atoms with E-state index >= 15 is 0 Å². The van der Waals surface area contributed by atoms with Gasteiger partial charge in [-0.3, -0.25) is 9.36 Å². The van der Waals surface area contributed by atoms with Gasteiger partial charge in [-0.25, -0.2) is 4.79 Å². The third-order valence-corrected chi connectivity index (χ3v) is 6.02. The molecule has 3 aromatic rings. The van der Waals surface area contributed by atoms with Crippen molar-refractivity contribution in [3.63, 3.8) is 0 Å². The Bertz CT molecular complexity index is 1200. The van der Waals surface area contributed by atoms with Gasteiger partial charge in [0.25, 0.3) is 5.56 Å². The van der Waals surface area contributed by atoms with Crippen LogP contribution >= 0.6 is 0 Å². The summed E-state index contributed by atoms with van der Waals surface area (Å²) in [6, 6.07) is 21.2. The van der Waals surface area contributed by atoms with Crippen molar-refractivity contribution >= 4 is 11.8 Å². The second-order valence-electron chi connectivity index (χ2n) is 9.84. The number of anilines is 1. The molecule has 0 bridgehead atoms. The van der Waals surface area contributed by atoms with E-state index in [1.807, 2.05) is 75.4 Å². The lowest BCUT2D eigenvalue weighted by Crippen LogP contribution is -2.42. The Kier molecular flexibility index (Phi) is 7.15. The second kappa shape index (κ2) is 10.3. The summed E-state index contributed by atoms with van der Waals surface area (Å²) < 4.78 is 12.9. The van der Waals surface area contributed by atoms with Crippen molar-refractivity contribution in [3.05, 3.63) is 88.8 Å². The minimum absolute atomic E-state index is 0.0931. The number of ether oxygens (including phenoxy) is 2. The molecule has 1 amide bonds. The van der Waals surface area contributed by atoms with Crippen LogP contribution in [-0.2, 0) is 11.3 Å². The first-order valence-corrected chi connectivity index (χ1v) is 11.9. The number of benzene rings is 2. The van der Waals surface area contributed by atoms with E-state index in [1.165, 1.54) is 6.07 Å². The van der Waals surface area contributed by atoms with Crippen molar-refractivity contribution < 1.29 is 14.3 Å². The highest BCUT2D eigenvalue weighted by atomic mass is 16.6. The van der Waals surface area contributed by atoms with E-state index in [9.17, 15) is 9.59 Å². The topological polar surface area (TPSA) is 64.0 Å². The van der Waals surface area contributed by atoms with Crippen molar-refractivity contribution in [2.75, 3.05) is 25.0 Å². The molecule has 35 heavy (non-hydrogen) atoms. The first kappa shape index (κ1) is 24.4. The predicted octanol–water partition coefficient (Wildman–Crippen LogP) is 4.86. The lowest BCUT2D eigenvalue weighted by molar-refractivity contribution is 0.0238. The Labute approximate surface area is 206 Å². The van der Waals surface area contributed by atoms with Crippen molar-refractivity contribution in [2.45, 2.75) is 45.4 Å². The fourth-order valence-electron chi connectivity index (χ4n) is 4.10. The van der Waals surface area contributed by atoms with Crippen molar-refractivity contribution in [1.29, 1.82) is 0 Å². The molecular formula is C28H33N3O4. The van der Waals surface area contributed by atoms with Crippen LogP contribution in [0.3, 0.4) is 0 Å². The Balaban J connectivity index is 1.37. The molecule has 0 saturated carbocycles. The normalized spacial score (nSPS) is 15.7. The van der Waals surface area contributed by atoms with E-state index < -0.39 is 5.60 Å². The fraction of sp³-hybridized carbons (Fsp3) is 0.357. The number of hydrogen-bond donors (Lipinski definition) is 0. The van der Waals surface area contributed by atoms with Crippen LogP contribution in [0, 0.1) is 0 Å². The molecule has 2 aromatic carbocycles. The first-order valence-electron chi connectivity index (χ1n) is 11.9. The molecule has 184 valence electrons. The molecule has 7 nitrogen and oxygen atoms in total. The third-order valence-electron chi connectivity index (χ3n) is 6.02. The molecule has 1 aromatic heterocycles. The van der Waals surface area contributed by atoms with Crippen LogP contribution in [0.4, 0.5) is 10.5 Å². The summed E-state index contributed by atoms with van der Waals surface area (Å²) >= 11 is 0. The maximum absolute atomic E-state index is 12.7. The molecule has 1 aliphatic heterocycles. The largest absolute Gasteiger partial charge is 0.489 e. The number of amides is 1. The van der Waals surface area contributed by atoms with Crippen LogP contribution in [0.25, 0.3) is 5.69 Å². The Morgan fingerprint density at radius 3 is 2.37 bits per heavy atom. The molecule has 4 rings (SSSR count). The van der Waals surface area contributed by atoms with Crippen LogP contribution in [0.1, 0.15) is 32.8 Å². The molecule has 0 radical (unpaired) electrons. The molecular weight excluding hydrogens is 442 g/mol. The number of likely N-dealkylation sites (N-methyl/N-ethyl adjacent to an activating group) is 1. The maximum atomic E-state index is 12.7. The smallest absolute Gasteiger partial charge is 0.410 e. The maximum Gasteiger partial charge on any atom is 0.410 e. The Morgan fingerprint density at radius 2 is 1.71 bits per heavy atom. The van der Waals surface area contributed by atoms with Gasteiger partial charge in [0.05, 0.1) is 6.04 Å². The molecule has 0 aliphatic carbocycles. The summed E-state index contributed by atoms with van der Waals surface area (Å²) in [5.74, 6) is 0.545. The minimum Gasteiger partial charge on any atom is -0.489 e. The van der Waals surface area contributed by atoms with Crippen LogP contribution in [0.15, 0.2) is 77.7 Å². The fourth-order valence-corrected chi connectivity index (χ4v) is 4.10. The van der Waals surface area contributed by atoms with Crippen LogP contribution in [0.2, 0.25) is 0 Å². The number of nitrogens with zero attached hydrogens (tertiary/aromatic N) is 3. The van der Waals surface area contributed by atoms with Gasteiger partial charge in [0, 0.05) is 43.8 Å². The molecule has 1 fully saturated rings. The number of hydrogen-bond acceptors (Lipinski definition) is 5. The number of pyridine rings is 1. The molecule has 1 atom stereocenters. The standard InChI is InChI=1S/C28H33N3O4/c1-28(2,3)35-27(33)29(4)24-14-16-30(19-24)22-10-12-23(13-11-22)31-17-15-25(18-26(31)32)34-20-21-8-6-5-7-9-21/h5-13,15,17-18,24H,14,16,19-20H2,1-4H3. The van der Waals surface area contributed by atoms with E-state index in [0.717, 1.165) is 36.4 Å². The summed E-state index contributed by atoms with van der Waals surface area (Å²) in [4.78, 5) is 29.0. The monoisotopic (exact) mass is 475 g/mol. The average molecular weight is 476 g/mol. The van der Waals surface area contributed by atoms with Gasteiger partial charge in [-0.15, -0.1) is 0 Å². The molecule has 2 heterocycles. The van der Waals surface area contributed by atoms with Gasteiger partial charge in [-0.1, -0.05) is 30.3 Å². The van der Waals surface area contributed by atoms with Gasteiger partial charge in [0.15, 0.2) is 0 Å². The average Bonchev–Trinajstić information content (AvgIpc) is 3.32. The second-order valence-corrected chi connectivity index (χ2v) is 9.84. The van der Waals surface area contributed by atoms with Crippen molar-refractivity contribution in [1.82, 2.24) is 9.47 Å². The first-order chi connectivity index (χ1) is 16.7. The van der Waals surface area contributed by atoms with Crippen LogP contribution < -0.4 is 15.2 Å². The predicted molar refractivity (Wildman–Crippen MR) is 137 cm³/mol. The Hall–Kier alpha value is -3.74. The zero-order valence-electron chi connectivity index (χ0n) is 20.8. The van der Waals surface area contributed by atoms with E-state index in [4.69, 9.17) is 9.47 Å². The number of carbonyl (C=O) groups is 1. The summed E-state index contributed by atoms with van der Waals surface area (Å²) in [7, 11) is 1.80. The lowest BCUT2D eigenvalue weighted by atomic mass is 10.2. The van der Waals surface area contributed by atoms with E-state index in [2.05, 4.69) is 4.90 Å². The molecule has 0 N–H and O–H groups in total. The zero-order valence-corrected chi connectivity index (χ0v) is 20.8. The summed E-state index contributed by atoms with van der Waals surface area (Å²) in [6.07, 6.45) is 2.32. The van der Waals surface area contributed by atoms with Crippen LogP contribution in [-0.4, -0.2) is 47.3 Å². The van der Waals surface area contributed by atoms with Gasteiger partial charge in [0.2, 0.25) is 0 Å². The lowest BCUT2D eigenvalue weighted by Gasteiger charge is -2.28. The van der Waals surface area contributed by atoms with Crippen molar-refractivity contribution in [2.24, 2.45) is 0 Å². The molecule has 1 aliphatic rings. The van der Waals surface area contributed by atoms with E-state index in [0.29, 0.717) is 12.4 Å². The zero-order chi connectivity index (χ0) is 25.0. The van der Waals surface area contributed by atoms with E-state index in [1.54, 1.807) is 28.8 Å². The molecule has 7 heteroatoms. The SMILES string of the molecule is CN(C(=O)OC(C)(C)C)C1CCN(c2ccc(-n3ccc(OCc4ccccc4)cc3=O)cc2)C1. The quantitative estimate of drug-likeness (QED) is 0.509. The number of rotatable bonds is 6. The number of carbonyl (C=O) groups excluding carboxylic acids is 1. The van der Waals surface area contributed by atoms with Gasteiger partial charge >= 0.3 is 6.09 Å².